The van der Waals surface area contributed by atoms with E-state index < -0.39 is 5.97 Å². The van der Waals surface area contributed by atoms with Crippen LogP contribution in [-0.4, -0.2) is 22.1 Å². The minimum Gasteiger partial charge on any atom is -0.481 e. The summed E-state index contributed by atoms with van der Waals surface area (Å²) in [7, 11) is 0. The zero-order chi connectivity index (χ0) is 10.6. The van der Waals surface area contributed by atoms with E-state index >= 15 is 0 Å². The molecule has 1 aliphatic carbocycles. The third-order valence-electron chi connectivity index (χ3n) is 3.22. The van der Waals surface area contributed by atoms with Crippen molar-refractivity contribution in [2.45, 2.75) is 44.8 Å². The van der Waals surface area contributed by atoms with Crippen molar-refractivity contribution in [1.29, 1.82) is 0 Å². The second-order valence-corrected chi connectivity index (χ2v) is 5.81. The Balaban J connectivity index is 2.16. The van der Waals surface area contributed by atoms with Crippen molar-refractivity contribution in [1.82, 2.24) is 0 Å². The van der Waals surface area contributed by atoms with Gasteiger partial charge < -0.3 is 5.11 Å². The van der Waals surface area contributed by atoms with E-state index in [4.69, 9.17) is 5.11 Å². The van der Waals surface area contributed by atoms with E-state index in [9.17, 15) is 4.79 Å². The summed E-state index contributed by atoms with van der Waals surface area (Å²) >= 11 is 1.85. The molecule has 1 rings (SSSR count). The van der Waals surface area contributed by atoms with Gasteiger partial charge >= 0.3 is 5.97 Å². The molecule has 0 aromatic carbocycles. The van der Waals surface area contributed by atoms with Crippen LogP contribution >= 0.6 is 11.8 Å². The summed E-state index contributed by atoms with van der Waals surface area (Å²) in [6.45, 7) is 4.64. The minimum absolute atomic E-state index is 0.311. The van der Waals surface area contributed by atoms with Crippen LogP contribution in [0.15, 0.2) is 0 Å². The number of carbonyl (C=O) groups is 1. The third kappa shape index (κ3) is 3.91. The number of hydrogen-bond donors (Lipinski definition) is 1. The molecule has 0 aromatic rings. The van der Waals surface area contributed by atoms with Gasteiger partial charge in [0.1, 0.15) is 0 Å². The molecule has 0 aromatic heterocycles. The maximum Gasteiger partial charge on any atom is 0.304 e. The molecule has 1 N–H and O–H groups in total. The highest BCUT2D eigenvalue weighted by atomic mass is 32.2. The van der Waals surface area contributed by atoms with Gasteiger partial charge in [-0.3, -0.25) is 4.79 Å². The van der Waals surface area contributed by atoms with E-state index in [-0.39, 0.29) is 0 Å². The Kier molecular flexibility index (Phi) is 4.79. The van der Waals surface area contributed by atoms with Crippen LogP contribution in [0, 0.1) is 11.8 Å². The summed E-state index contributed by atoms with van der Waals surface area (Å²) < 4.78 is 0. The van der Waals surface area contributed by atoms with Crippen LogP contribution in [0.25, 0.3) is 0 Å². The van der Waals surface area contributed by atoms with Crippen LogP contribution in [0.2, 0.25) is 0 Å². The predicted molar refractivity (Wildman–Crippen MR) is 60.7 cm³/mol. The molecule has 14 heavy (non-hydrogen) atoms. The van der Waals surface area contributed by atoms with Crippen molar-refractivity contribution in [3.05, 3.63) is 0 Å². The minimum atomic E-state index is -0.672. The molecule has 0 amide bonds. The zero-order valence-electron chi connectivity index (χ0n) is 9.03. The summed E-state index contributed by atoms with van der Waals surface area (Å²) in [5.74, 6) is 1.77. The summed E-state index contributed by atoms with van der Waals surface area (Å²) in [5.41, 5.74) is 0. The number of rotatable bonds is 4. The monoisotopic (exact) mass is 216 g/mol. The Hall–Kier alpha value is -0.180. The van der Waals surface area contributed by atoms with E-state index in [0.29, 0.717) is 11.7 Å². The van der Waals surface area contributed by atoms with Crippen molar-refractivity contribution in [3.8, 4) is 0 Å². The Labute approximate surface area is 90.5 Å². The first kappa shape index (κ1) is 11.9. The average molecular weight is 216 g/mol. The summed E-state index contributed by atoms with van der Waals surface area (Å²) in [5, 5.41) is 9.23. The van der Waals surface area contributed by atoms with Gasteiger partial charge in [-0.05, 0) is 31.1 Å². The Morgan fingerprint density at radius 2 is 2.07 bits per heavy atom. The first-order valence-electron chi connectivity index (χ1n) is 5.43. The lowest BCUT2D eigenvalue weighted by Gasteiger charge is -2.31. The second kappa shape index (κ2) is 5.64. The molecule has 3 heteroatoms. The maximum atomic E-state index is 10.3. The summed E-state index contributed by atoms with van der Waals surface area (Å²) in [6.07, 6.45) is 4.16. The van der Waals surface area contributed by atoms with Crippen molar-refractivity contribution in [3.63, 3.8) is 0 Å². The smallest absolute Gasteiger partial charge is 0.304 e. The van der Waals surface area contributed by atoms with Gasteiger partial charge in [-0.1, -0.05) is 13.8 Å². The molecule has 0 spiro atoms. The predicted octanol–water partition coefficient (Wildman–Crippen LogP) is 3.02. The fourth-order valence-electron chi connectivity index (χ4n) is 1.96. The van der Waals surface area contributed by atoms with Crippen LogP contribution in [-0.2, 0) is 4.79 Å². The largest absolute Gasteiger partial charge is 0.481 e. The molecule has 0 heterocycles. The number of hydrogen-bond acceptors (Lipinski definition) is 2. The standard InChI is InChI=1S/C11H20O2S/c1-8-3-4-10(7-9(8)2)14-6-5-11(12)13/h8-10H,3-7H2,1-2H3,(H,12,13). The van der Waals surface area contributed by atoms with Crippen LogP contribution in [0.1, 0.15) is 39.5 Å². The number of carboxylic acid groups (broad SMARTS) is 1. The van der Waals surface area contributed by atoms with Crippen molar-refractivity contribution in [2.24, 2.45) is 11.8 Å². The number of carboxylic acids is 1. The van der Waals surface area contributed by atoms with Gasteiger partial charge in [-0.15, -0.1) is 0 Å². The number of aliphatic carboxylic acids is 1. The fourth-order valence-corrected chi connectivity index (χ4v) is 3.33. The Bertz CT molecular complexity index is 194. The van der Waals surface area contributed by atoms with Crippen LogP contribution < -0.4 is 0 Å². The molecule has 0 bridgehead atoms. The van der Waals surface area contributed by atoms with Crippen molar-refractivity contribution in [2.75, 3.05) is 5.75 Å². The first-order chi connectivity index (χ1) is 6.59. The molecular weight excluding hydrogens is 196 g/mol. The fraction of sp³-hybridized carbons (Fsp3) is 0.909. The van der Waals surface area contributed by atoms with Gasteiger partial charge in [0.05, 0.1) is 6.42 Å². The molecule has 0 saturated heterocycles. The molecule has 2 nitrogen and oxygen atoms in total. The van der Waals surface area contributed by atoms with Gasteiger partial charge in [-0.2, -0.15) is 11.8 Å². The van der Waals surface area contributed by atoms with Crippen LogP contribution in [0.3, 0.4) is 0 Å². The topological polar surface area (TPSA) is 37.3 Å². The lowest BCUT2D eigenvalue weighted by Crippen LogP contribution is -2.22. The highest BCUT2D eigenvalue weighted by molar-refractivity contribution is 7.99. The van der Waals surface area contributed by atoms with Crippen molar-refractivity contribution < 1.29 is 9.90 Å². The Morgan fingerprint density at radius 3 is 2.64 bits per heavy atom. The van der Waals surface area contributed by atoms with E-state index in [1.54, 1.807) is 0 Å². The van der Waals surface area contributed by atoms with Gasteiger partial charge in [0.25, 0.3) is 0 Å². The number of thioether (sulfide) groups is 1. The average Bonchev–Trinajstić information content (AvgIpc) is 2.10. The van der Waals surface area contributed by atoms with Gasteiger partial charge in [0.15, 0.2) is 0 Å². The third-order valence-corrected chi connectivity index (χ3v) is 4.56. The zero-order valence-corrected chi connectivity index (χ0v) is 9.85. The highest BCUT2D eigenvalue weighted by Gasteiger charge is 2.24. The van der Waals surface area contributed by atoms with E-state index in [1.165, 1.54) is 19.3 Å². The summed E-state index contributed by atoms with van der Waals surface area (Å²) in [6, 6.07) is 0. The van der Waals surface area contributed by atoms with E-state index in [0.717, 1.165) is 17.6 Å². The molecule has 0 aliphatic heterocycles. The molecular formula is C11H20O2S. The molecule has 1 saturated carbocycles. The molecule has 0 radical (unpaired) electrons. The molecule has 82 valence electrons. The molecule has 3 atom stereocenters. The maximum absolute atomic E-state index is 10.3. The first-order valence-corrected chi connectivity index (χ1v) is 6.48. The van der Waals surface area contributed by atoms with Crippen LogP contribution in [0.5, 0.6) is 0 Å². The summed E-state index contributed by atoms with van der Waals surface area (Å²) in [4.78, 5) is 10.3. The lowest BCUT2D eigenvalue weighted by molar-refractivity contribution is -0.136. The van der Waals surface area contributed by atoms with Gasteiger partial charge in [0, 0.05) is 11.0 Å². The van der Waals surface area contributed by atoms with Crippen LogP contribution in [0.4, 0.5) is 0 Å². The lowest BCUT2D eigenvalue weighted by atomic mass is 9.81. The SMILES string of the molecule is CC1CCC(SCCC(=O)O)CC1C. The normalized spacial score (nSPS) is 32.9. The molecule has 1 aliphatic rings. The molecule has 1 fully saturated rings. The van der Waals surface area contributed by atoms with Gasteiger partial charge in [-0.25, -0.2) is 0 Å². The quantitative estimate of drug-likeness (QED) is 0.785. The van der Waals surface area contributed by atoms with Gasteiger partial charge in [0.2, 0.25) is 0 Å². The van der Waals surface area contributed by atoms with E-state index in [2.05, 4.69) is 13.8 Å². The second-order valence-electron chi connectivity index (χ2n) is 4.40. The van der Waals surface area contributed by atoms with E-state index in [1.807, 2.05) is 11.8 Å². The Morgan fingerprint density at radius 1 is 1.36 bits per heavy atom. The highest BCUT2D eigenvalue weighted by Crippen LogP contribution is 2.35. The molecule has 3 unspecified atom stereocenters. The van der Waals surface area contributed by atoms with Crippen molar-refractivity contribution >= 4 is 17.7 Å².